The molecule has 2 aromatic heterocycles. The van der Waals surface area contributed by atoms with E-state index in [-0.39, 0.29) is 5.56 Å². The fourth-order valence-corrected chi connectivity index (χ4v) is 5.12. The molecule has 0 spiro atoms. The Morgan fingerprint density at radius 2 is 1.76 bits per heavy atom. The molecule has 4 rings (SSSR count). The monoisotopic (exact) mass is 574 g/mol. The number of piperidine rings is 2. The van der Waals surface area contributed by atoms with Crippen LogP contribution in [0.3, 0.4) is 0 Å². The summed E-state index contributed by atoms with van der Waals surface area (Å²) in [7, 11) is 0. The van der Waals surface area contributed by atoms with E-state index in [2.05, 4.69) is 33.4 Å². The van der Waals surface area contributed by atoms with Gasteiger partial charge in [-0.1, -0.05) is 6.58 Å². The highest BCUT2D eigenvalue weighted by Crippen LogP contribution is 2.27. The maximum Gasteiger partial charge on any atom is 0.336 e. The van der Waals surface area contributed by atoms with E-state index in [0.717, 1.165) is 62.9 Å². The number of hydrogen-bond acceptors (Lipinski definition) is 9. The summed E-state index contributed by atoms with van der Waals surface area (Å²) in [5, 5.41) is 38.2. The number of likely N-dealkylation sites (tertiary alicyclic amines) is 1. The maximum absolute atomic E-state index is 12.3. The zero-order valence-electron chi connectivity index (χ0n) is 23.2. The van der Waals surface area contributed by atoms with E-state index in [1.807, 2.05) is 10.9 Å². The van der Waals surface area contributed by atoms with Crippen molar-refractivity contribution in [1.82, 2.24) is 24.6 Å². The van der Waals surface area contributed by atoms with Crippen LogP contribution in [0, 0.1) is 6.92 Å². The van der Waals surface area contributed by atoms with Gasteiger partial charge in [-0.2, -0.15) is 5.10 Å². The lowest BCUT2D eigenvalue weighted by molar-refractivity contribution is -0.170. The van der Waals surface area contributed by atoms with Crippen LogP contribution in [0.5, 0.6) is 0 Å². The van der Waals surface area contributed by atoms with Crippen molar-refractivity contribution in [2.24, 2.45) is 0 Å². The molecular formula is C27H38N6O8. The largest absolute Gasteiger partial charge is 0.481 e. The van der Waals surface area contributed by atoms with Crippen LogP contribution >= 0.6 is 0 Å². The Kier molecular flexibility index (Phi) is 10.8. The standard InChI is InChI=1S/C21H30N6O.C6H8O7/c1-3-27-16(2)18(13-22-27)15-25-9-7-8-17(14-25)19-12-20(28)24-21(23-19)26-10-5-4-6-11-26;7-3(8)1-6(13,5(11)12)2-4(9)10/h3,12-13,17H,1,4-11,14-15H2,2H3,(H,23,24,28);13H,1-2H2,(H,7,8)(H,9,10)(H,11,12). The number of aromatic amines is 1. The predicted octanol–water partition coefficient (Wildman–Crippen LogP) is 1.50. The Balaban J connectivity index is 0.000000302. The lowest BCUT2D eigenvalue weighted by Crippen LogP contribution is -2.42. The first-order valence-corrected chi connectivity index (χ1v) is 13.6. The number of nitrogens with zero attached hydrogens (tertiary/aromatic N) is 5. The first kappa shape index (κ1) is 31.5. The first-order valence-electron chi connectivity index (χ1n) is 13.6. The van der Waals surface area contributed by atoms with Crippen molar-refractivity contribution >= 4 is 30.1 Å². The summed E-state index contributed by atoms with van der Waals surface area (Å²) in [5.74, 6) is -3.97. The van der Waals surface area contributed by atoms with Gasteiger partial charge in [0.2, 0.25) is 5.95 Å². The SMILES string of the molecule is C=Cn1ncc(CN2CCCC(c3cc(=O)[nH]c(N4CCCCC4)n3)C2)c1C.O=C(O)CC(O)(CC(=O)O)C(=O)O. The Bertz CT molecular complexity index is 1280. The van der Waals surface area contributed by atoms with Crippen molar-refractivity contribution in [3.05, 3.63) is 46.1 Å². The Morgan fingerprint density at radius 1 is 1.10 bits per heavy atom. The molecule has 2 aromatic rings. The fraction of sp³-hybridized carbons (Fsp3) is 0.556. The molecule has 2 fully saturated rings. The van der Waals surface area contributed by atoms with Gasteiger partial charge in [0.1, 0.15) is 0 Å². The van der Waals surface area contributed by atoms with E-state index >= 15 is 0 Å². The summed E-state index contributed by atoms with van der Waals surface area (Å²) in [6.45, 7) is 10.7. The Labute approximate surface area is 236 Å². The summed E-state index contributed by atoms with van der Waals surface area (Å²) in [6, 6.07) is 1.70. The molecule has 0 radical (unpaired) electrons. The molecule has 5 N–H and O–H groups in total. The van der Waals surface area contributed by atoms with Crippen LogP contribution in [0.25, 0.3) is 6.20 Å². The molecule has 14 heteroatoms. The summed E-state index contributed by atoms with van der Waals surface area (Å²) in [4.78, 5) is 55.3. The van der Waals surface area contributed by atoms with Crippen molar-refractivity contribution in [2.45, 2.75) is 69.9 Å². The number of hydrogen-bond donors (Lipinski definition) is 5. The number of aliphatic hydroxyl groups is 1. The fourth-order valence-electron chi connectivity index (χ4n) is 5.12. The van der Waals surface area contributed by atoms with Gasteiger partial charge in [0.25, 0.3) is 5.56 Å². The second-order valence-electron chi connectivity index (χ2n) is 10.5. The van der Waals surface area contributed by atoms with Crippen LogP contribution in [0.4, 0.5) is 5.95 Å². The van der Waals surface area contributed by atoms with Crippen LogP contribution in [0.15, 0.2) is 23.6 Å². The molecule has 2 saturated heterocycles. The first-order chi connectivity index (χ1) is 19.4. The predicted molar refractivity (Wildman–Crippen MR) is 149 cm³/mol. The third kappa shape index (κ3) is 8.72. The molecule has 4 heterocycles. The number of anilines is 1. The highest BCUT2D eigenvalue weighted by molar-refractivity contribution is 5.88. The molecule has 0 saturated carbocycles. The topological polar surface area (TPSA) is 202 Å². The summed E-state index contributed by atoms with van der Waals surface area (Å²) in [5.41, 5.74) is 0.531. The number of carbonyl (C=O) groups is 3. The highest BCUT2D eigenvalue weighted by atomic mass is 16.4. The van der Waals surface area contributed by atoms with Crippen LogP contribution in [0.2, 0.25) is 0 Å². The lowest BCUT2D eigenvalue weighted by atomic mass is 9.94. The quantitative estimate of drug-likeness (QED) is 0.274. The van der Waals surface area contributed by atoms with E-state index in [0.29, 0.717) is 5.92 Å². The summed E-state index contributed by atoms with van der Waals surface area (Å²) >= 11 is 0. The van der Waals surface area contributed by atoms with Crippen molar-refractivity contribution in [3.8, 4) is 0 Å². The molecule has 0 amide bonds. The zero-order chi connectivity index (χ0) is 30.2. The average molecular weight is 575 g/mol. The van der Waals surface area contributed by atoms with Gasteiger partial charge < -0.3 is 25.3 Å². The van der Waals surface area contributed by atoms with Gasteiger partial charge in [0, 0.05) is 55.6 Å². The van der Waals surface area contributed by atoms with Gasteiger partial charge in [0.05, 0.1) is 24.7 Å². The summed E-state index contributed by atoms with van der Waals surface area (Å²) < 4.78 is 1.82. The van der Waals surface area contributed by atoms with Gasteiger partial charge in [-0.25, -0.2) is 14.5 Å². The van der Waals surface area contributed by atoms with Crippen LogP contribution < -0.4 is 10.5 Å². The number of H-pyrrole nitrogens is 1. The van der Waals surface area contributed by atoms with E-state index < -0.39 is 36.4 Å². The maximum atomic E-state index is 12.3. The molecular weight excluding hydrogens is 536 g/mol. The second-order valence-corrected chi connectivity index (χ2v) is 10.5. The number of aliphatic carboxylic acids is 3. The molecule has 1 unspecified atom stereocenters. The molecule has 1 atom stereocenters. The normalized spacial score (nSPS) is 17.8. The Hall–Kier alpha value is -4.04. The molecule has 0 bridgehead atoms. The lowest BCUT2D eigenvalue weighted by Gasteiger charge is -2.33. The van der Waals surface area contributed by atoms with Crippen LogP contribution in [0.1, 0.15) is 67.8 Å². The van der Waals surface area contributed by atoms with Gasteiger partial charge in [-0.15, -0.1) is 0 Å². The molecule has 2 aliphatic heterocycles. The number of rotatable bonds is 10. The second kappa shape index (κ2) is 14.0. The zero-order valence-corrected chi connectivity index (χ0v) is 23.2. The minimum absolute atomic E-state index is 0.0363. The molecule has 2 aliphatic rings. The third-order valence-corrected chi connectivity index (χ3v) is 7.33. The molecule has 14 nitrogen and oxygen atoms in total. The third-order valence-electron chi connectivity index (χ3n) is 7.33. The Morgan fingerprint density at radius 3 is 2.32 bits per heavy atom. The number of carboxylic acids is 3. The van der Waals surface area contributed by atoms with Gasteiger partial charge in [-0.05, 0) is 45.6 Å². The number of aromatic nitrogens is 4. The molecule has 0 aliphatic carbocycles. The minimum atomic E-state index is -2.74. The van der Waals surface area contributed by atoms with Crippen molar-refractivity contribution in [3.63, 3.8) is 0 Å². The minimum Gasteiger partial charge on any atom is -0.481 e. The van der Waals surface area contributed by atoms with E-state index in [4.69, 9.17) is 25.4 Å². The molecule has 224 valence electrons. The molecule has 41 heavy (non-hydrogen) atoms. The number of carboxylic acid groups (broad SMARTS) is 3. The van der Waals surface area contributed by atoms with Crippen LogP contribution in [-0.2, 0) is 20.9 Å². The summed E-state index contributed by atoms with van der Waals surface area (Å²) in [6.07, 6.45) is 7.18. The van der Waals surface area contributed by atoms with Crippen molar-refractivity contribution in [2.75, 3.05) is 31.1 Å². The highest BCUT2D eigenvalue weighted by Gasteiger charge is 2.40. The van der Waals surface area contributed by atoms with E-state index in [1.54, 1.807) is 12.3 Å². The van der Waals surface area contributed by atoms with Crippen molar-refractivity contribution < 1.29 is 34.8 Å². The molecule has 0 aromatic carbocycles. The van der Waals surface area contributed by atoms with E-state index in [1.165, 1.54) is 24.8 Å². The van der Waals surface area contributed by atoms with Crippen LogP contribution in [-0.4, -0.2) is 94.8 Å². The smallest absolute Gasteiger partial charge is 0.336 e. The number of nitrogens with one attached hydrogen (secondary N) is 1. The van der Waals surface area contributed by atoms with Crippen molar-refractivity contribution in [1.29, 1.82) is 0 Å². The average Bonchev–Trinajstić information content (AvgIpc) is 3.27. The van der Waals surface area contributed by atoms with E-state index in [9.17, 15) is 19.2 Å². The van der Waals surface area contributed by atoms with Gasteiger partial charge in [0.15, 0.2) is 5.60 Å². The van der Waals surface area contributed by atoms with Gasteiger partial charge >= 0.3 is 17.9 Å². The van der Waals surface area contributed by atoms with Gasteiger partial charge in [-0.3, -0.25) is 24.3 Å².